The second kappa shape index (κ2) is 11.5. The molecule has 0 radical (unpaired) electrons. The van der Waals surface area contributed by atoms with Gasteiger partial charge < -0.3 is 10.5 Å². The van der Waals surface area contributed by atoms with E-state index < -0.39 is 5.54 Å². The highest BCUT2D eigenvalue weighted by Crippen LogP contribution is 2.12. The van der Waals surface area contributed by atoms with Crippen LogP contribution in [0.5, 0.6) is 0 Å². The number of nitrogens with two attached hydrogens (primary N) is 1. The molecule has 0 bridgehead atoms. The van der Waals surface area contributed by atoms with E-state index in [9.17, 15) is 0 Å². The van der Waals surface area contributed by atoms with Crippen LogP contribution in [0.1, 0.15) is 71.6 Å². The van der Waals surface area contributed by atoms with E-state index in [2.05, 4.69) is 13.0 Å². The third-order valence-electron chi connectivity index (χ3n) is 3.41. The van der Waals surface area contributed by atoms with Gasteiger partial charge in [0.2, 0.25) is 0 Å². The first-order valence-corrected chi connectivity index (χ1v) is 7.46. The highest BCUT2D eigenvalue weighted by molar-refractivity contribution is 5.03. The summed E-state index contributed by atoms with van der Waals surface area (Å²) in [5.74, 6) is 0. The lowest BCUT2D eigenvalue weighted by molar-refractivity contribution is 0.123. The lowest BCUT2D eigenvalue weighted by atomic mass is 9.94. The standard InChI is InChI=1S/C15H30N2O/c1-3-5-6-7-8-9-12-18-13-10-11-15(17,4-2)14-16/h3-13,17H2,1-2H3. The summed E-state index contributed by atoms with van der Waals surface area (Å²) in [6.45, 7) is 5.77. The number of unbranched alkanes of at least 4 members (excludes halogenated alkanes) is 5. The minimum Gasteiger partial charge on any atom is -0.381 e. The second-order valence-electron chi connectivity index (χ2n) is 5.11. The fraction of sp³-hybridized carbons (Fsp3) is 0.933. The third-order valence-corrected chi connectivity index (χ3v) is 3.41. The van der Waals surface area contributed by atoms with Gasteiger partial charge in [0.25, 0.3) is 0 Å². The molecule has 0 amide bonds. The molecule has 0 saturated heterocycles. The Balaban J connectivity index is 3.24. The van der Waals surface area contributed by atoms with Crippen molar-refractivity contribution in [3.63, 3.8) is 0 Å². The van der Waals surface area contributed by atoms with Gasteiger partial charge in [0.05, 0.1) is 6.07 Å². The first-order chi connectivity index (χ1) is 8.68. The van der Waals surface area contributed by atoms with Crippen LogP contribution in [0.25, 0.3) is 0 Å². The summed E-state index contributed by atoms with van der Waals surface area (Å²) in [6, 6.07) is 2.18. The molecule has 0 saturated carbocycles. The fourth-order valence-corrected chi connectivity index (χ4v) is 1.89. The number of ether oxygens (including phenoxy) is 1. The van der Waals surface area contributed by atoms with Crippen molar-refractivity contribution in [3.05, 3.63) is 0 Å². The molecule has 0 rings (SSSR count). The van der Waals surface area contributed by atoms with Gasteiger partial charge in [-0.05, 0) is 25.7 Å². The Morgan fingerprint density at radius 1 is 1.00 bits per heavy atom. The zero-order valence-electron chi connectivity index (χ0n) is 12.2. The fourth-order valence-electron chi connectivity index (χ4n) is 1.89. The minimum absolute atomic E-state index is 0.649. The van der Waals surface area contributed by atoms with Gasteiger partial charge in [0, 0.05) is 13.2 Å². The molecule has 0 aromatic rings. The highest BCUT2D eigenvalue weighted by Gasteiger charge is 2.20. The molecule has 0 heterocycles. The van der Waals surface area contributed by atoms with Crippen LogP contribution in [0.3, 0.4) is 0 Å². The van der Waals surface area contributed by atoms with Crippen LogP contribution >= 0.6 is 0 Å². The summed E-state index contributed by atoms with van der Waals surface area (Å²) in [5, 5.41) is 8.91. The summed E-state index contributed by atoms with van der Waals surface area (Å²) < 4.78 is 5.56. The van der Waals surface area contributed by atoms with Crippen LogP contribution in [-0.2, 0) is 4.74 Å². The van der Waals surface area contributed by atoms with Crippen LogP contribution in [-0.4, -0.2) is 18.8 Å². The number of hydrogen-bond acceptors (Lipinski definition) is 3. The van der Waals surface area contributed by atoms with Crippen molar-refractivity contribution < 1.29 is 4.74 Å². The number of nitriles is 1. The molecular weight excluding hydrogens is 224 g/mol. The first-order valence-electron chi connectivity index (χ1n) is 7.46. The Morgan fingerprint density at radius 2 is 1.61 bits per heavy atom. The van der Waals surface area contributed by atoms with Gasteiger partial charge in [-0.25, -0.2) is 0 Å². The SMILES string of the molecule is CCCCCCCCOCCCC(N)(C#N)CC. The smallest absolute Gasteiger partial charge is 0.104 e. The quantitative estimate of drug-likeness (QED) is 0.539. The molecule has 0 aromatic heterocycles. The number of hydrogen-bond donors (Lipinski definition) is 1. The predicted octanol–water partition coefficient (Wildman–Crippen LogP) is 3.77. The summed E-state index contributed by atoms with van der Waals surface area (Å²) in [7, 11) is 0. The van der Waals surface area contributed by atoms with Gasteiger partial charge in [-0.15, -0.1) is 0 Å². The summed E-state index contributed by atoms with van der Waals surface area (Å²) in [5.41, 5.74) is 5.24. The molecule has 3 heteroatoms. The molecule has 0 aliphatic heterocycles. The Hall–Kier alpha value is -0.590. The van der Waals surface area contributed by atoms with Crippen molar-refractivity contribution >= 4 is 0 Å². The molecule has 0 spiro atoms. The topological polar surface area (TPSA) is 59.0 Å². The predicted molar refractivity (Wildman–Crippen MR) is 76.3 cm³/mol. The lowest BCUT2D eigenvalue weighted by Crippen LogP contribution is -2.37. The van der Waals surface area contributed by atoms with Crippen LogP contribution in [0, 0.1) is 11.3 Å². The number of nitrogens with zero attached hydrogens (tertiary/aromatic N) is 1. The molecule has 1 unspecified atom stereocenters. The molecule has 3 nitrogen and oxygen atoms in total. The average molecular weight is 254 g/mol. The highest BCUT2D eigenvalue weighted by atomic mass is 16.5. The number of rotatable bonds is 12. The molecule has 0 aliphatic carbocycles. The monoisotopic (exact) mass is 254 g/mol. The van der Waals surface area contributed by atoms with Gasteiger partial charge >= 0.3 is 0 Å². The summed E-state index contributed by atoms with van der Waals surface area (Å²) in [6.07, 6.45) is 10.1. The van der Waals surface area contributed by atoms with Gasteiger partial charge in [-0.2, -0.15) is 5.26 Å². The Morgan fingerprint density at radius 3 is 2.22 bits per heavy atom. The normalized spacial score (nSPS) is 14.1. The largest absolute Gasteiger partial charge is 0.381 e. The van der Waals surface area contributed by atoms with E-state index in [1.165, 1.54) is 32.1 Å². The van der Waals surface area contributed by atoms with E-state index in [1.54, 1.807) is 0 Å². The van der Waals surface area contributed by atoms with Crippen LogP contribution < -0.4 is 5.73 Å². The van der Waals surface area contributed by atoms with Crippen molar-refractivity contribution in [1.29, 1.82) is 5.26 Å². The van der Waals surface area contributed by atoms with Gasteiger partial charge in [0.15, 0.2) is 0 Å². The molecule has 106 valence electrons. The maximum Gasteiger partial charge on any atom is 0.104 e. The van der Waals surface area contributed by atoms with E-state index in [0.717, 1.165) is 32.5 Å². The minimum atomic E-state index is -0.649. The van der Waals surface area contributed by atoms with Crippen molar-refractivity contribution in [2.45, 2.75) is 77.2 Å². The maximum atomic E-state index is 8.91. The van der Waals surface area contributed by atoms with Gasteiger partial charge in [-0.1, -0.05) is 46.0 Å². The van der Waals surface area contributed by atoms with Crippen LogP contribution in [0.2, 0.25) is 0 Å². The van der Waals surface area contributed by atoms with E-state index in [1.807, 2.05) is 6.92 Å². The lowest BCUT2D eigenvalue weighted by Gasteiger charge is -2.18. The zero-order valence-corrected chi connectivity index (χ0v) is 12.2. The second-order valence-corrected chi connectivity index (χ2v) is 5.11. The maximum absolute atomic E-state index is 8.91. The molecule has 0 aromatic carbocycles. The van der Waals surface area contributed by atoms with Crippen molar-refractivity contribution in [3.8, 4) is 6.07 Å². The Bertz CT molecular complexity index is 225. The van der Waals surface area contributed by atoms with E-state index in [4.69, 9.17) is 15.7 Å². The average Bonchev–Trinajstić information content (AvgIpc) is 2.40. The third kappa shape index (κ3) is 9.44. The van der Waals surface area contributed by atoms with Gasteiger partial charge in [0.1, 0.15) is 5.54 Å². The van der Waals surface area contributed by atoms with Crippen molar-refractivity contribution in [1.82, 2.24) is 0 Å². The van der Waals surface area contributed by atoms with Crippen molar-refractivity contribution in [2.75, 3.05) is 13.2 Å². The molecule has 1 atom stereocenters. The van der Waals surface area contributed by atoms with Crippen molar-refractivity contribution in [2.24, 2.45) is 5.73 Å². The Labute approximate surface area is 113 Å². The summed E-state index contributed by atoms with van der Waals surface area (Å²) in [4.78, 5) is 0. The molecule has 2 N–H and O–H groups in total. The van der Waals surface area contributed by atoms with Gasteiger partial charge in [-0.3, -0.25) is 0 Å². The molecule has 0 fully saturated rings. The Kier molecular flexibility index (Phi) is 11.1. The van der Waals surface area contributed by atoms with Crippen LogP contribution in [0.4, 0.5) is 0 Å². The van der Waals surface area contributed by atoms with E-state index in [0.29, 0.717) is 6.42 Å². The van der Waals surface area contributed by atoms with E-state index in [-0.39, 0.29) is 0 Å². The zero-order chi connectivity index (χ0) is 13.7. The molecular formula is C15H30N2O. The molecule has 18 heavy (non-hydrogen) atoms. The summed E-state index contributed by atoms with van der Waals surface area (Å²) >= 11 is 0. The van der Waals surface area contributed by atoms with Crippen LogP contribution in [0.15, 0.2) is 0 Å². The molecule has 0 aliphatic rings. The first kappa shape index (κ1) is 17.4. The van der Waals surface area contributed by atoms with E-state index >= 15 is 0 Å².